The highest BCUT2D eigenvalue weighted by Crippen LogP contribution is 2.33. The molecule has 2 aromatic carbocycles. The zero-order valence-corrected chi connectivity index (χ0v) is 37.3. The molecule has 3 aliphatic rings. The number of aromatic nitrogens is 3. The fourth-order valence-corrected chi connectivity index (χ4v) is 7.99. The standard InChI is InChI=1S/C46H50F3N9O11/c47-46(48,49)69-31-8-6-28(7-9-31)23-39(61)57-17-12-30(13-18-57)68-43-33(41(50)62)24-29(25-53-43)35-26-56(27-54-35)16-2-5-37(59)52-15-20-67-22-21-66-19-14-51-34-4-1-3-32-40(34)45(65)58(44(32)64)36-10-11-38(60)55-42(36)63/h1,3-4,6-9,24-27,30,36,51H,2,5,10-23H2,(H2,50,62)(H,52,59)(H,55,60,63). The molecule has 2 fully saturated rings. The number of carbonyl (C=O) groups is 7. The van der Waals surface area contributed by atoms with Crippen LogP contribution in [0.3, 0.4) is 0 Å². The third kappa shape index (κ3) is 13.2. The minimum atomic E-state index is -4.80. The van der Waals surface area contributed by atoms with Crippen molar-refractivity contribution in [1.82, 2.24) is 35.0 Å². The zero-order valence-electron chi connectivity index (χ0n) is 37.3. The maximum atomic E-state index is 13.2. The minimum Gasteiger partial charge on any atom is -0.474 e. The number of alkyl halides is 3. The van der Waals surface area contributed by atoms with E-state index in [0.717, 1.165) is 17.0 Å². The van der Waals surface area contributed by atoms with Crippen molar-refractivity contribution in [3.05, 3.63) is 89.5 Å². The molecular formula is C46H50F3N9O11. The van der Waals surface area contributed by atoms with Gasteiger partial charge < -0.3 is 44.8 Å². The fourth-order valence-electron chi connectivity index (χ4n) is 7.99. The van der Waals surface area contributed by atoms with Crippen molar-refractivity contribution in [2.24, 2.45) is 5.73 Å². The number of nitrogens with zero attached hydrogens (tertiary/aromatic N) is 5. The number of pyridine rings is 1. The summed E-state index contributed by atoms with van der Waals surface area (Å²) < 4.78 is 60.3. The molecule has 2 aromatic heterocycles. The third-order valence-corrected chi connectivity index (χ3v) is 11.4. The number of hydrogen-bond donors (Lipinski definition) is 4. The van der Waals surface area contributed by atoms with Gasteiger partial charge in [-0.3, -0.25) is 43.8 Å². The van der Waals surface area contributed by atoms with Crippen molar-refractivity contribution in [2.75, 3.05) is 57.9 Å². The second-order valence-corrected chi connectivity index (χ2v) is 16.3. The number of imide groups is 2. The fraction of sp³-hybridized carbons (Fsp3) is 0.413. The van der Waals surface area contributed by atoms with Crippen LogP contribution in [0.15, 0.2) is 67.3 Å². The van der Waals surface area contributed by atoms with E-state index in [2.05, 4.69) is 30.7 Å². The maximum Gasteiger partial charge on any atom is 0.573 e. The summed E-state index contributed by atoms with van der Waals surface area (Å²) in [5, 5.41) is 8.11. The van der Waals surface area contributed by atoms with Crippen LogP contribution in [-0.4, -0.2) is 137 Å². The molecule has 1 unspecified atom stereocenters. The van der Waals surface area contributed by atoms with Crippen LogP contribution in [0, 0.1) is 0 Å². The van der Waals surface area contributed by atoms with E-state index in [1.165, 1.54) is 24.4 Å². The summed E-state index contributed by atoms with van der Waals surface area (Å²) in [5.74, 6) is -3.70. The van der Waals surface area contributed by atoms with Crippen LogP contribution in [0.2, 0.25) is 0 Å². The van der Waals surface area contributed by atoms with E-state index >= 15 is 0 Å². The summed E-state index contributed by atoms with van der Waals surface area (Å²) >= 11 is 0. The lowest BCUT2D eigenvalue weighted by Gasteiger charge is -2.32. The van der Waals surface area contributed by atoms with E-state index < -0.39 is 41.9 Å². The summed E-state index contributed by atoms with van der Waals surface area (Å²) in [7, 11) is 0. The Hall–Kier alpha value is -7.40. The van der Waals surface area contributed by atoms with Crippen molar-refractivity contribution < 1.29 is 65.7 Å². The molecular weight excluding hydrogens is 912 g/mol. The van der Waals surface area contributed by atoms with Crippen LogP contribution >= 0.6 is 0 Å². The number of halogens is 3. The van der Waals surface area contributed by atoms with Crippen LogP contribution < -0.4 is 31.2 Å². The number of amides is 7. The summed E-state index contributed by atoms with van der Waals surface area (Å²) in [4.78, 5) is 99.3. The molecule has 3 aliphatic heterocycles. The molecule has 4 aromatic rings. The Labute approximate surface area is 393 Å². The number of anilines is 1. The molecule has 7 rings (SSSR count). The van der Waals surface area contributed by atoms with Gasteiger partial charge in [-0.05, 0) is 48.7 Å². The highest BCUT2D eigenvalue weighted by atomic mass is 19.4. The van der Waals surface area contributed by atoms with Gasteiger partial charge in [-0.2, -0.15) is 0 Å². The molecule has 5 heterocycles. The Morgan fingerprint density at radius 1 is 0.899 bits per heavy atom. The van der Waals surface area contributed by atoms with Crippen molar-refractivity contribution >= 4 is 47.0 Å². The summed E-state index contributed by atoms with van der Waals surface area (Å²) in [6.07, 6.45) is 1.53. The predicted octanol–water partition coefficient (Wildman–Crippen LogP) is 3.00. The van der Waals surface area contributed by atoms with Crippen LogP contribution in [0.5, 0.6) is 11.6 Å². The van der Waals surface area contributed by atoms with Gasteiger partial charge in [0.15, 0.2) is 0 Å². The molecule has 0 radical (unpaired) electrons. The first-order valence-corrected chi connectivity index (χ1v) is 22.2. The number of nitrogens with one attached hydrogen (secondary N) is 3. The molecule has 0 saturated carbocycles. The highest BCUT2D eigenvalue weighted by molar-refractivity contribution is 6.25. The smallest absolute Gasteiger partial charge is 0.474 e. The summed E-state index contributed by atoms with van der Waals surface area (Å²) in [6.45, 7) is 2.95. The van der Waals surface area contributed by atoms with Gasteiger partial charge in [-0.15, -0.1) is 13.2 Å². The SMILES string of the molecule is NC(=O)c1cc(-c2cn(CCCC(=O)NCCOCCOCCNc3cccc4c3C(=O)N(C3CCC(=O)NC3=O)C4=O)cn2)cnc1OC1CCN(C(=O)Cc2ccc(OC(F)(F)F)cc2)CC1. The second-order valence-electron chi connectivity index (χ2n) is 16.3. The number of hydrogen-bond acceptors (Lipinski definition) is 14. The van der Waals surface area contributed by atoms with Crippen molar-refractivity contribution in [1.29, 1.82) is 0 Å². The number of nitrogens with two attached hydrogens (primary N) is 1. The van der Waals surface area contributed by atoms with Gasteiger partial charge in [0.25, 0.3) is 17.7 Å². The Morgan fingerprint density at radius 3 is 2.35 bits per heavy atom. The van der Waals surface area contributed by atoms with Gasteiger partial charge in [0, 0.05) is 82.1 Å². The number of fused-ring (bicyclic) bond motifs is 1. The van der Waals surface area contributed by atoms with Crippen LogP contribution in [0.25, 0.3) is 11.3 Å². The third-order valence-electron chi connectivity index (χ3n) is 11.4. The predicted molar refractivity (Wildman–Crippen MR) is 237 cm³/mol. The van der Waals surface area contributed by atoms with Crippen LogP contribution in [0.4, 0.5) is 18.9 Å². The number of imidazole rings is 1. The largest absolute Gasteiger partial charge is 0.573 e. The lowest BCUT2D eigenvalue weighted by molar-refractivity contribution is -0.274. The number of carbonyl (C=O) groups excluding carboxylic acids is 7. The van der Waals surface area contributed by atoms with E-state index in [1.54, 1.807) is 35.6 Å². The number of primary amides is 1. The topological polar surface area (TPSA) is 256 Å². The van der Waals surface area contributed by atoms with Gasteiger partial charge in [0.2, 0.25) is 29.5 Å². The summed E-state index contributed by atoms with van der Waals surface area (Å²) in [5.41, 5.74) is 8.14. The Morgan fingerprint density at radius 2 is 1.64 bits per heavy atom. The normalized spacial score (nSPS) is 16.3. The first-order chi connectivity index (χ1) is 33.1. The first-order valence-electron chi connectivity index (χ1n) is 22.2. The average molecular weight is 962 g/mol. The quantitative estimate of drug-likeness (QED) is 0.0653. The molecule has 0 bridgehead atoms. The molecule has 5 N–H and O–H groups in total. The van der Waals surface area contributed by atoms with Gasteiger partial charge in [-0.25, -0.2) is 9.97 Å². The minimum absolute atomic E-state index is 0.00802. The first kappa shape index (κ1) is 49.5. The van der Waals surface area contributed by atoms with E-state index in [0.29, 0.717) is 74.5 Å². The Kier molecular flexibility index (Phi) is 16.2. The summed E-state index contributed by atoms with van der Waals surface area (Å²) in [6, 6.07) is 10.5. The number of ether oxygens (including phenoxy) is 4. The van der Waals surface area contributed by atoms with Gasteiger partial charge in [0.05, 0.1) is 56.0 Å². The molecule has 20 nitrogen and oxygen atoms in total. The molecule has 2 saturated heterocycles. The second kappa shape index (κ2) is 22.6. The molecule has 0 spiro atoms. The Bertz CT molecular complexity index is 2550. The maximum absolute atomic E-state index is 13.2. The highest BCUT2D eigenvalue weighted by Gasteiger charge is 2.45. The zero-order chi connectivity index (χ0) is 49.1. The van der Waals surface area contributed by atoms with Crippen LogP contribution in [0.1, 0.15) is 75.2 Å². The van der Waals surface area contributed by atoms with E-state index in [9.17, 15) is 46.7 Å². The molecule has 7 amide bonds. The average Bonchev–Trinajstić information content (AvgIpc) is 3.89. The van der Waals surface area contributed by atoms with E-state index in [-0.39, 0.29) is 98.3 Å². The van der Waals surface area contributed by atoms with Crippen LogP contribution in [-0.2, 0) is 41.6 Å². The van der Waals surface area contributed by atoms with E-state index in [1.807, 2.05) is 4.57 Å². The Balaban J connectivity index is 0.746. The molecule has 0 aliphatic carbocycles. The van der Waals surface area contributed by atoms with Crippen molar-refractivity contribution in [3.8, 4) is 22.9 Å². The van der Waals surface area contributed by atoms with Gasteiger partial charge >= 0.3 is 6.36 Å². The lowest BCUT2D eigenvalue weighted by Crippen LogP contribution is -2.54. The van der Waals surface area contributed by atoms with Crippen molar-refractivity contribution in [2.45, 2.75) is 70.0 Å². The molecule has 23 heteroatoms. The molecule has 366 valence electrons. The number of benzene rings is 2. The van der Waals surface area contributed by atoms with Gasteiger partial charge in [0.1, 0.15) is 23.5 Å². The number of piperidine rings is 2. The number of aryl methyl sites for hydroxylation is 1. The van der Waals surface area contributed by atoms with Crippen molar-refractivity contribution in [3.63, 3.8) is 0 Å². The molecule has 69 heavy (non-hydrogen) atoms. The number of likely N-dealkylation sites (tertiary alicyclic amines) is 1. The monoisotopic (exact) mass is 961 g/mol. The van der Waals surface area contributed by atoms with Gasteiger partial charge in [-0.1, -0.05) is 18.2 Å². The molecule has 1 atom stereocenters. The lowest BCUT2D eigenvalue weighted by atomic mass is 10.0. The number of rotatable bonds is 22. The van der Waals surface area contributed by atoms with E-state index in [4.69, 9.17) is 19.9 Å².